The molecule has 1 aliphatic heterocycles. The van der Waals surface area contributed by atoms with Crippen LogP contribution in [0.1, 0.15) is 6.42 Å². The van der Waals surface area contributed by atoms with Crippen LogP contribution in [0.5, 0.6) is 0 Å². The van der Waals surface area contributed by atoms with Gasteiger partial charge in [0.1, 0.15) is 0 Å². The molecule has 0 spiro atoms. The first-order valence-corrected chi connectivity index (χ1v) is 6.24. The Balaban J connectivity index is 2.70. The van der Waals surface area contributed by atoms with Gasteiger partial charge in [0.2, 0.25) is 5.67 Å². The molecule has 0 aromatic carbocycles. The summed E-state index contributed by atoms with van der Waals surface area (Å²) in [6.45, 7) is 0. The molecular formula is C9H5Br2F6N. The zero-order valence-corrected chi connectivity index (χ0v) is 11.6. The Kier molecular flexibility index (Phi) is 2.91. The fourth-order valence-corrected chi connectivity index (χ4v) is 3.21. The highest BCUT2D eigenvalue weighted by atomic mass is 79.9. The van der Waals surface area contributed by atoms with Gasteiger partial charge in [-0.2, -0.15) is 18.3 Å². The molecule has 0 radical (unpaired) electrons. The second kappa shape index (κ2) is 3.68. The van der Waals surface area contributed by atoms with E-state index in [9.17, 15) is 26.4 Å². The predicted octanol–water partition coefficient (Wildman–Crippen LogP) is 4.45. The molecule has 1 nitrogen and oxygen atoms in total. The van der Waals surface area contributed by atoms with E-state index in [2.05, 4.69) is 0 Å². The molecule has 0 aromatic heterocycles. The van der Waals surface area contributed by atoms with Crippen molar-refractivity contribution in [3.05, 3.63) is 23.9 Å². The second-order valence-electron chi connectivity index (χ2n) is 3.96. The molecule has 2 rings (SSSR count). The molecule has 1 heterocycles. The van der Waals surface area contributed by atoms with Crippen molar-refractivity contribution in [1.29, 1.82) is 0 Å². The summed E-state index contributed by atoms with van der Waals surface area (Å²) in [5, 5.41) is -1.13. The number of nitrogens with zero attached hydrogens (tertiary/aromatic N) is 1. The van der Waals surface area contributed by atoms with Crippen LogP contribution in [0.4, 0.5) is 26.4 Å². The molecule has 0 amide bonds. The van der Waals surface area contributed by atoms with Crippen LogP contribution in [0.2, 0.25) is 0 Å². The van der Waals surface area contributed by atoms with Gasteiger partial charge in [-0.3, -0.25) is 0 Å². The number of hydrogen-bond acceptors (Lipinski definition) is 1. The summed E-state index contributed by atoms with van der Waals surface area (Å²) in [6.07, 6.45) is 2.02. The molecule has 2 aliphatic rings. The van der Waals surface area contributed by atoms with Crippen molar-refractivity contribution in [2.45, 2.75) is 27.3 Å². The van der Waals surface area contributed by atoms with Crippen molar-refractivity contribution < 1.29 is 26.4 Å². The summed E-state index contributed by atoms with van der Waals surface area (Å²) in [5.74, 6) is -5.01. The number of fused-ring (bicyclic) bond motifs is 1. The SMILES string of the molecule is FN1C2=CC=CCC2(F)C(F)(Br)C(F)(F)C1(F)Br. The number of rotatable bonds is 0. The van der Waals surface area contributed by atoms with Gasteiger partial charge in [0.25, 0.3) is 4.58 Å². The van der Waals surface area contributed by atoms with E-state index in [-0.39, 0.29) is 0 Å². The van der Waals surface area contributed by atoms with Crippen LogP contribution < -0.4 is 0 Å². The van der Waals surface area contributed by atoms with E-state index < -0.39 is 38.1 Å². The average Bonchev–Trinajstić information content (AvgIpc) is 2.26. The van der Waals surface area contributed by atoms with Crippen molar-refractivity contribution in [1.82, 2.24) is 5.12 Å². The van der Waals surface area contributed by atoms with Gasteiger partial charge in [0.15, 0.2) is 0 Å². The van der Waals surface area contributed by atoms with Crippen LogP contribution in [0.25, 0.3) is 0 Å². The van der Waals surface area contributed by atoms with E-state index in [0.29, 0.717) is 6.08 Å². The monoisotopic (exact) mass is 399 g/mol. The Morgan fingerprint density at radius 3 is 2.22 bits per heavy atom. The zero-order valence-electron chi connectivity index (χ0n) is 8.41. The first kappa shape index (κ1) is 14.2. The van der Waals surface area contributed by atoms with Gasteiger partial charge in [0.05, 0.1) is 5.70 Å². The highest BCUT2D eigenvalue weighted by Crippen LogP contribution is 2.65. The maximum Gasteiger partial charge on any atom is 0.359 e. The molecule has 0 saturated carbocycles. The van der Waals surface area contributed by atoms with E-state index in [1.807, 2.05) is 15.9 Å². The highest BCUT2D eigenvalue weighted by Gasteiger charge is 2.83. The van der Waals surface area contributed by atoms with Crippen LogP contribution in [0.3, 0.4) is 0 Å². The molecule has 1 aliphatic carbocycles. The van der Waals surface area contributed by atoms with Crippen LogP contribution in [0.15, 0.2) is 23.9 Å². The molecule has 3 atom stereocenters. The molecule has 9 heteroatoms. The largest absolute Gasteiger partial charge is 0.359 e. The summed E-state index contributed by atoms with van der Waals surface area (Å²) < 4.78 is 74.7. The average molecular weight is 401 g/mol. The summed E-state index contributed by atoms with van der Waals surface area (Å²) >= 11 is 3.66. The molecule has 102 valence electrons. The summed E-state index contributed by atoms with van der Waals surface area (Å²) in [6, 6.07) is 0. The Morgan fingerprint density at radius 1 is 1.11 bits per heavy atom. The maximum atomic E-state index is 14.4. The van der Waals surface area contributed by atoms with E-state index in [1.54, 1.807) is 15.9 Å². The molecule has 1 fully saturated rings. The third kappa shape index (κ3) is 1.35. The third-order valence-corrected chi connectivity index (χ3v) is 4.86. The van der Waals surface area contributed by atoms with Crippen molar-refractivity contribution in [2.75, 3.05) is 0 Å². The fraction of sp³-hybridized carbons (Fsp3) is 0.556. The van der Waals surface area contributed by atoms with Gasteiger partial charge < -0.3 is 0 Å². The van der Waals surface area contributed by atoms with Crippen molar-refractivity contribution in [3.63, 3.8) is 0 Å². The van der Waals surface area contributed by atoms with Crippen LogP contribution in [-0.4, -0.2) is 26.0 Å². The molecular weight excluding hydrogens is 396 g/mol. The van der Waals surface area contributed by atoms with E-state index in [0.717, 1.165) is 12.2 Å². The first-order valence-electron chi connectivity index (χ1n) is 4.66. The van der Waals surface area contributed by atoms with Gasteiger partial charge in [-0.15, -0.1) is 0 Å². The molecule has 1 saturated heterocycles. The maximum absolute atomic E-state index is 14.4. The van der Waals surface area contributed by atoms with Gasteiger partial charge >= 0.3 is 10.6 Å². The Hall–Kier alpha value is -0.180. The molecule has 18 heavy (non-hydrogen) atoms. The van der Waals surface area contributed by atoms with Gasteiger partial charge in [0, 0.05) is 6.42 Å². The predicted molar refractivity (Wildman–Crippen MR) is 59.1 cm³/mol. The van der Waals surface area contributed by atoms with Crippen molar-refractivity contribution >= 4 is 31.9 Å². The smallest absolute Gasteiger partial charge is 0.232 e. The zero-order chi connectivity index (χ0) is 14.0. The van der Waals surface area contributed by atoms with Gasteiger partial charge in [-0.1, -0.05) is 16.6 Å². The molecule has 0 bridgehead atoms. The van der Waals surface area contributed by atoms with Crippen LogP contribution >= 0.6 is 31.9 Å². The number of allylic oxidation sites excluding steroid dienone is 4. The van der Waals surface area contributed by atoms with E-state index >= 15 is 0 Å². The number of alkyl halides is 7. The minimum Gasteiger partial charge on any atom is -0.232 e. The lowest BCUT2D eigenvalue weighted by atomic mass is 9.81. The quantitative estimate of drug-likeness (QED) is 0.251. The van der Waals surface area contributed by atoms with Gasteiger partial charge in [-0.05, 0) is 37.9 Å². The lowest BCUT2D eigenvalue weighted by molar-refractivity contribution is -0.289. The molecule has 0 aromatic rings. The fourth-order valence-electron chi connectivity index (χ4n) is 1.85. The second-order valence-corrected chi connectivity index (χ2v) is 6.10. The lowest BCUT2D eigenvalue weighted by Gasteiger charge is -2.52. The molecule has 3 unspecified atom stereocenters. The standard InChI is InChI=1S/C9H5Br2F6N/c10-7(13)6(12)4-2-1-3-5(6)18(17)9(11,16)8(7,14)15/h1-3H,4H2. The summed E-state index contributed by atoms with van der Waals surface area (Å²) in [4.78, 5) is 0. The van der Waals surface area contributed by atoms with Crippen LogP contribution in [0, 0.1) is 0 Å². The van der Waals surface area contributed by atoms with Crippen molar-refractivity contribution in [3.8, 4) is 0 Å². The Labute approximate surface area is 115 Å². The number of hydrogen-bond donors (Lipinski definition) is 0. The molecule has 0 N–H and O–H groups in total. The minimum absolute atomic E-state index is 0.698. The Bertz CT molecular complexity index is 446. The number of halogens is 8. The third-order valence-electron chi connectivity index (χ3n) is 2.92. The van der Waals surface area contributed by atoms with E-state index in [4.69, 9.17) is 0 Å². The topological polar surface area (TPSA) is 3.24 Å². The highest BCUT2D eigenvalue weighted by molar-refractivity contribution is 9.10. The number of piperidine rings is 1. The van der Waals surface area contributed by atoms with Crippen molar-refractivity contribution in [2.24, 2.45) is 0 Å². The summed E-state index contributed by atoms with van der Waals surface area (Å²) in [5.41, 5.74) is -4.57. The van der Waals surface area contributed by atoms with Gasteiger partial charge in [-0.25, -0.2) is 8.78 Å². The van der Waals surface area contributed by atoms with Crippen LogP contribution in [-0.2, 0) is 0 Å². The minimum atomic E-state index is -5.01. The lowest BCUT2D eigenvalue weighted by Crippen LogP contribution is -2.72. The first-order chi connectivity index (χ1) is 8.00. The summed E-state index contributed by atoms with van der Waals surface area (Å²) in [7, 11) is 0. The van der Waals surface area contributed by atoms with E-state index in [1.165, 1.54) is 0 Å². The normalized spacial score (nSPS) is 46.7. The Morgan fingerprint density at radius 2 is 1.67 bits per heavy atom.